The predicted octanol–water partition coefficient (Wildman–Crippen LogP) is 3.58. The Balaban J connectivity index is 1.86. The molecule has 2 nitrogen and oxygen atoms in total. The molecule has 0 aromatic heterocycles. The van der Waals surface area contributed by atoms with Crippen molar-refractivity contribution in [1.29, 1.82) is 0 Å². The van der Waals surface area contributed by atoms with Crippen molar-refractivity contribution in [3.63, 3.8) is 0 Å². The number of hydrogen-bond acceptors (Lipinski definition) is 2. The molecule has 0 N–H and O–H groups in total. The van der Waals surface area contributed by atoms with Crippen molar-refractivity contribution in [2.24, 2.45) is 0 Å². The Bertz CT molecular complexity index is 1160. The molecule has 28 heavy (non-hydrogen) atoms. The average Bonchev–Trinajstić information content (AvgIpc) is 2.73. The highest BCUT2D eigenvalue weighted by atomic mass is 28.3. The highest BCUT2D eigenvalue weighted by molar-refractivity contribution is 7.21. The third kappa shape index (κ3) is 1.91. The molecule has 0 saturated carbocycles. The lowest BCUT2D eigenvalue weighted by Gasteiger charge is -2.43. The van der Waals surface area contributed by atoms with Crippen molar-refractivity contribution in [2.45, 2.75) is 6.92 Å². The number of rotatable bonds is 1. The summed E-state index contributed by atoms with van der Waals surface area (Å²) < 4.78 is 12.8. The minimum absolute atomic E-state index is 0.929. The van der Waals surface area contributed by atoms with Gasteiger partial charge in [-0.05, 0) is 52.3 Å². The first kappa shape index (κ1) is 15.7. The van der Waals surface area contributed by atoms with Gasteiger partial charge in [0.25, 0.3) is 0 Å². The molecule has 0 radical (unpaired) electrons. The molecule has 0 aliphatic carbocycles. The second-order valence-corrected chi connectivity index (χ2v) is 11.1. The summed E-state index contributed by atoms with van der Waals surface area (Å²) in [4.78, 5) is 0. The van der Waals surface area contributed by atoms with Crippen LogP contribution in [0.5, 0.6) is 23.0 Å². The van der Waals surface area contributed by atoms with Crippen molar-refractivity contribution < 1.29 is 9.47 Å². The Labute approximate surface area is 165 Å². The van der Waals surface area contributed by atoms with E-state index in [9.17, 15) is 0 Å². The Morgan fingerprint density at radius 2 is 1.07 bits per heavy atom. The lowest BCUT2D eigenvalue weighted by Crippen LogP contribution is -2.77. The number of hydrogen-bond donors (Lipinski definition) is 0. The van der Waals surface area contributed by atoms with E-state index in [-0.39, 0.29) is 0 Å². The smallest absolute Gasteiger partial charge is 0.197 e. The second kappa shape index (κ2) is 5.60. The first-order valence-electron chi connectivity index (χ1n) is 9.54. The van der Waals surface area contributed by atoms with Gasteiger partial charge in [-0.15, -0.1) is 0 Å². The third-order valence-corrected chi connectivity index (χ3v) is 10.7. The zero-order valence-corrected chi connectivity index (χ0v) is 16.5. The molecule has 4 aromatic rings. The van der Waals surface area contributed by atoms with Gasteiger partial charge < -0.3 is 9.47 Å². The standard InChI is InChI=1S/C25H18O2Si/c1-17-15-21-25-22(16-17)27-20-12-6-8-14-24(20)28(25,18-9-3-2-4-10-18)23-13-7-5-11-19(23)26-21/h2-16H,1H3. The van der Waals surface area contributed by atoms with Crippen LogP contribution in [0.3, 0.4) is 0 Å². The quantitative estimate of drug-likeness (QED) is 0.407. The molecule has 134 valence electrons. The van der Waals surface area contributed by atoms with Gasteiger partial charge in [0.2, 0.25) is 0 Å². The molecule has 4 aromatic carbocycles. The zero-order chi connectivity index (χ0) is 18.7. The van der Waals surface area contributed by atoms with Crippen molar-refractivity contribution in [2.75, 3.05) is 0 Å². The van der Waals surface area contributed by atoms with Crippen LogP contribution >= 0.6 is 0 Å². The van der Waals surface area contributed by atoms with Crippen LogP contribution in [0.4, 0.5) is 0 Å². The Morgan fingerprint density at radius 1 is 0.571 bits per heavy atom. The monoisotopic (exact) mass is 378 g/mol. The van der Waals surface area contributed by atoms with Gasteiger partial charge >= 0.3 is 0 Å². The fourth-order valence-electron chi connectivity index (χ4n) is 4.78. The average molecular weight is 379 g/mol. The molecule has 0 bridgehead atoms. The van der Waals surface area contributed by atoms with Crippen LogP contribution in [-0.2, 0) is 0 Å². The first-order valence-corrected chi connectivity index (χ1v) is 11.5. The summed E-state index contributed by atoms with van der Waals surface area (Å²) in [5.74, 6) is 3.77. The molecular weight excluding hydrogens is 360 g/mol. The van der Waals surface area contributed by atoms with E-state index in [0.29, 0.717) is 0 Å². The van der Waals surface area contributed by atoms with Gasteiger partial charge in [0.15, 0.2) is 8.07 Å². The van der Waals surface area contributed by atoms with Gasteiger partial charge in [0.05, 0.1) is 0 Å². The van der Waals surface area contributed by atoms with Crippen LogP contribution in [0.25, 0.3) is 0 Å². The van der Waals surface area contributed by atoms with Crippen molar-refractivity contribution in [3.05, 3.63) is 96.6 Å². The summed E-state index contributed by atoms with van der Waals surface area (Å²) in [6.45, 7) is 2.09. The lowest BCUT2D eigenvalue weighted by molar-refractivity contribution is 0.463. The van der Waals surface area contributed by atoms with Gasteiger partial charge in [0.1, 0.15) is 23.0 Å². The molecule has 3 heteroatoms. The van der Waals surface area contributed by atoms with E-state index in [1.54, 1.807) is 0 Å². The number of para-hydroxylation sites is 2. The Hall–Kier alpha value is -3.30. The van der Waals surface area contributed by atoms with Gasteiger partial charge in [-0.2, -0.15) is 0 Å². The fourth-order valence-corrected chi connectivity index (χ4v) is 9.90. The molecule has 6 rings (SSSR count). The Morgan fingerprint density at radius 3 is 1.64 bits per heavy atom. The van der Waals surface area contributed by atoms with Crippen LogP contribution in [-0.4, -0.2) is 8.07 Å². The van der Waals surface area contributed by atoms with Gasteiger partial charge in [-0.25, -0.2) is 0 Å². The molecular formula is C25H18O2Si. The van der Waals surface area contributed by atoms with Crippen molar-refractivity contribution in [1.82, 2.24) is 0 Å². The van der Waals surface area contributed by atoms with Crippen LogP contribution in [0.15, 0.2) is 91.0 Å². The number of benzene rings is 4. The Kier molecular flexibility index (Phi) is 3.14. The highest BCUT2D eigenvalue weighted by Crippen LogP contribution is 2.39. The van der Waals surface area contributed by atoms with Gasteiger partial charge in [-0.3, -0.25) is 0 Å². The molecule has 0 unspecified atom stereocenters. The SMILES string of the molecule is Cc1cc2c3c(c1)Oc1ccccc1[Si]3(c1ccccc1)c1ccccc1O2. The first-order chi connectivity index (χ1) is 13.8. The number of aryl methyl sites for hydroxylation is 1. The van der Waals surface area contributed by atoms with E-state index < -0.39 is 8.07 Å². The molecule has 2 aliphatic heterocycles. The second-order valence-electron chi connectivity index (χ2n) is 7.45. The molecule has 0 atom stereocenters. The van der Waals surface area contributed by atoms with Crippen LogP contribution in [0.1, 0.15) is 5.56 Å². The molecule has 0 amide bonds. The van der Waals surface area contributed by atoms with E-state index in [2.05, 4.69) is 97.9 Å². The summed E-state index contributed by atoms with van der Waals surface area (Å²) in [7, 11) is -2.53. The van der Waals surface area contributed by atoms with Crippen LogP contribution in [0, 0.1) is 6.92 Å². The van der Waals surface area contributed by atoms with Crippen LogP contribution in [0.2, 0.25) is 0 Å². The van der Waals surface area contributed by atoms with E-state index in [1.807, 2.05) is 0 Å². The summed E-state index contributed by atoms with van der Waals surface area (Å²) in [5.41, 5.74) is 1.14. The van der Waals surface area contributed by atoms with Crippen LogP contribution < -0.4 is 30.2 Å². The predicted molar refractivity (Wildman–Crippen MR) is 115 cm³/mol. The summed E-state index contributed by atoms with van der Waals surface area (Å²) in [6, 6.07) is 32.2. The summed E-state index contributed by atoms with van der Waals surface area (Å²) >= 11 is 0. The number of fused-ring (bicyclic) bond motifs is 4. The van der Waals surface area contributed by atoms with Gasteiger partial charge in [0, 0.05) is 5.19 Å². The highest BCUT2D eigenvalue weighted by Gasteiger charge is 2.53. The molecule has 2 heterocycles. The molecule has 0 fully saturated rings. The topological polar surface area (TPSA) is 18.5 Å². The van der Waals surface area contributed by atoms with E-state index in [4.69, 9.17) is 9.47 Å². The largest absolute Gasteiger partial charge is 0.457 e. The molecule has 0 saturated heterocycles. The maximum Gasteiger partial charge on any atom is 0.197 e. The number of ether oxygens (including phenoxy) is 2. The van der Waals surface area contributed by atoms with E-state index >= 15 is 0 Å². The normalized spacial score (nSPS) is 14.8. The molecule has 0 spiro atoms. The van der Waals surface area contributed by atoms with E-state index in [0.717, 1.165) is 28.6 Å². The van der Waals surface area contributed by atoms with Gasteiger partial charge in [-0.1, -0.05) is 66.7 Å². The maximum absolute atomic E-state index is 6.42. The van der Waals surface area contributed by atoms with Crippen molar-refractivity contribution >= 4 is 28.8 Å². The molecule has 2 aliphatic rings. The minimum Gasteiger partial charge on any atom is -0.457 e. The summed E-state index contributed by atoms with van der Waals surface area (Å²) in [6.07, 6.45) is 0. The van der Waals surface area contributed by atoms with E-state index in [1.165, 1.54) is 20.7 Å². The summed E-state index contributed by atoms with van der Waals surface area (Å²) in [5, 5.41) is 5.15. The lowest BCUT2D eigenvalue weighted by atomic mass is 10.2. The minimum atomic E-state index is -2.53. The maximum atomic E-state index is 6.42. The third-order valence-electron chi connectivity index (χ3n) is 5.81. The fraction of sp³-hybridized carbons (Fsp3) is 0.0400. The zero-order valence-electron chi connectivity index (χ0n) is 15.5. The van der Waals surface area contributed by atoms with Crippen molar-refractivity contribution in [3.8, 4) is 23.0 Å².